The monoisotopic (exact) mass is 571 g/mol. The number of anilines is 1. The van der Waals surface area contributed by atoms with Gasteiger partial charge in [0.15, 0.2) is 12.4 Å². The number of hydrogen-bond donors (Lipinski definition) is 1. The van der Waals surface area contributed by atoms with Crippen molar-refractivity contribution in [3.8, 4) is 11.5 Å². The fraction of sp³-hybridized carbons (Fsp3) is 0.355. The predicted octanol–water partition coefficient (Wildman–Crippen LogP) is 6.38. The third kappa shape index (κ3) is 9.05. The van der Waals surface area contributed by atoms with Gasteiger partial charge in [0.25, 0.3) is 5.91 Å². The summed E-state index contributed by atoms with van der Waals surface area (Å²) in [4.78, 5) is 26.1. The standard InChI is InChI=1S/C31H35ClFNO6/c1-20-14-25(39-13-12-38-11-10-37-5)7-8-27(20)34-29(35)19-40-28-9-6-23(32)18-26(28)30(36)21-15-22(31(2,3)4)17-24(33)16-21/h6-9,14-18H,10-13,19H2,1-5H3,(H,34,35). The molecule has 9 heteroatoms. The van der Waals surface area contributed by atoms with Gasteiger partial charge in [0.1, 0.15) is 23.9 Å². The second-order valence-electron chi connectivity index (χ2n) is 10.2. The van der Waals surface area contributed by atoms with Crippen LogP contribution in [0.4, 0.5) is 10.1 Å². The van der Waals surface area contributed by atoms with E-state index in [9.17, 15) is 14.0 Å². The number of halogens is 2. The van der Waals surface area contributed by atoms with Gasteiger partial charge in [0, 0.05) is 23.4 Å². The quantitative estimate of drug-likeness (QED) is 0.189. The Morgan fingerprint density at radius 3 is 2.38 bits per heavy atom. The Morgan fingerprint density at radius 2 is 1.68 bits per heavy atom. The molecule has 1 N–H and O–H groups in total. The summed E-state index contributed by atoms with van der Waals surface area (Å²) in [5.74, 6) is -0.574. The first-order chi connectivity index (χ1) is 19.0. The Hall–Kier alpha value is -3.46. The number of aryl methyl sites for hydroxylation is 1. The van der Waals surface area contributed by atoms with Crippen molar-refractivity contribution in [2.24, 2.45) is 0 Å². The SMILES string of the molecule is COCCOCCOc1ccc(NC(=O)COc2ccc(Cl)cc2C(=O)c2cc(F)cc(C(C)(C)C)c2)c(C)c1. The van der Waals surface area contributed by atoms with Crippen LogP contribution < -0.4 is 14.8 Å². The molecule has 40 heavy (non-hydrogen) atoms. The number of benzene rings is 3. The molecule has 3 rings (SSSR count). The van der Waals surface area contributed by atoms with Crippen molar-refractivity contribution in [1.82, 2.24) is 0 Å². The molecule has 214 valence electrons. The van der Waals surface area contributed by atoms with E-state index < -0.39 is 17.5 Å². The molecular formula is C31H35ClFNO6. The first kappa shape index (κ1) is 31.1. The number of methoxy groups -OCH3 is 1. The van der Waals surface area contributed by atoms with Gasteiger partial charge < -0.3 is 24.3 Å². The van der Waals surface area contributed by atoms with Crippen molar-refractivity contribution in [2.45, 2.75) is 33.1 Å². The van der Waals surface area contributed by atoms with Crippen LogP contribution in [0, 0.1) is 12.7 Å². The van der Waals surface area contributed by atoms with Crippen LogP contribution in [0.2, 0.25) is 5.02 Å². The Bertz CT molecular complexity index is 1340. The van der Waals surface area contributed by atoms with E-state index in [-0.39, 0.29) is 28.9 Å². The molecule has 3 aromatic rings. The number of carbonyl (C=O) groups is 2. The molecular weight excluding hydrogens is 537 g/mol. The van der Waals surface area contributed by atoms with Gasteiger partial charge in [-0.1, -0.05) is 32.4 Å². The van der Waals surface area contributed by atoms with Crippen molar-refractivity contribution >= 4 is 29.0 Å². The molecule has 0 unspecified atom stereocenters. The first-order valence-corrected chi connectivity index (χ1v) is 13.2. The maximum absolute atomic E-state index is 14.4. The average Bonchev–Trinajstić information content (AvgIpc) is 2.90. The van der Waals surface area contributed by atoms with Crippen LogP contribution in [-0.4, -0.2) is 51.8 Å². The summed E-state index contributed by atoms with van der Waals surface area (Å²) in [5.41, 5.74) is 2.02. The molecule has 0 aromatic heterocycles. The summed E-state index contributed by atoms with van der Waals surface area (Å²) < 4.78 is 36.1. The lowest BCUT2D eigenvalue weighted by atomic mass is 9.85. The van der Waals surface area contributed by atoms with E-state index in [0.717, 1.165) is 5.56 Å². The minimum atomic E-state index is -0.512. The van der Waals surface area contributed by atoms with Crippen LogP contribution >= 0.6 is 11.6 Å². The maximum Gasteiger partial charge on any atom is 0.262 e. The fourth-order valence-corrected chi connectivity index (χ4v) is 3.95. The topological polar surface area (TPSA) is 83.1 Å². The molecule has 3 aromatic carbocycles. The van der Waals surface area contributed by atoms with Gasteiger partial charge in [0.2, 0.25) is 0 Å². The van der Waals surface area contributed by atoms with Gasteiger partial charge in [-0.15, -0.1) is 0 Å². The number of hydrogen-bond acceptors (Lipinski definition) is 6. The van der Waals surface area contributed by atoms with Crippen molar-refractivity contribution in [3.05, 3.63) is 87.7 Å². The molecule has 0 bridgehead atoms. The van der Waals surface area contributed by atoms with E-state index in [4.69, 9.17) is 30.5 Å². The van der Waals surface area contributed by atoms with Crippen LogP contribution in [0.3, 0.4) is 0 Å². The number of carbonyl (C=O) groups excluding carboxylic acids is 2. The van der Waals surface area contributed by atoms with Crippen molar-refractivity contribution in [3.63, 3.8) is 0 Å². The lowest BCUT2D eigenvalue weighted by molar-refractivity contribution is -0.118. The second-order valence-corrected chi connectivity index (χ2v) is 10.7. The third-order valence-corrected chi connectivity index (χ3v) is 6.21. The maximum atomic E-state index is 14.4. The number of ketones is 1. The summed E-state index contributed by atoms with van der Waals surface area (Å²) in [7, 11) is 1.61. The smallest absolute Gasteiger partial charge is 0.262 e. The molecule has 0 radical (unpaired) electrons. The van der Waals surface area contributed by atoms with Crippen LogP contribution in [0.1, 0.15) is 47.8 Å². The van der Waals surface area contributed by atoms with Crippen LogP contribution in [0.15, 0.2) is 54.6 Å². The Kier molecular flexibility index (Phi) is 11.1. The zero-order chi connectivity index (χ0) is 29.3. The zero-order valence-corrected chi connectivity index (χ0v) is 24.2. The molecule has 0 aliphatic heterocycles. The summed E-state index contributed by atoms with van der Waals surface area (Å²) in [6.45, 7) is 9.15. The highest BCUT2D eigenvalue weighted by molar-refractivity contribution is 6.31. The van der Waals surface area contributed by atoms with E-state index in [2.05, 4.69) is 5.32 Å². The minimum absolute atomic E-state index is 0.134. The van der Waals surface area contributed by atoms with Crippen molar-refractivity contribution < 1.29 is 32.9 Å². The molecule has 0 spiro atoms. The van der Waals surface area contributed by atoms with Gasteiger partial charge in [-0.05, 0) is 78.1 Å². The summed E-state index contributed by atoms with van der Waals surface area (Å²) in [6, 6.07) is 14.1. The van der Waals surface area contributed by atoms with Gasteiger partial charge in [0.05, 0.1) is 25.4 Å². The highest BCUT2D eigenvalue weighted by Gasteiger charge is 2.21. The highest BCUT2D eigenvalue weighted by atomic mass is 35.5. The molecule has 0 fully saturated rings. The number of ether oxygens (including phenoxy) is 4. The average molecular weight is 572 g/mol. The van der Waals surface area contributed by atoms with Gasteiger partial charge in [-0.25, -0.2) is 4.39 Å². The Labute approximate surface area is 239 Å². The Morgan fingerprint density at radius 1 is 0.925 bits per heavy atom. The normalized spacial score (nSPS) is 11.3. The van der Waals surface area contributed by atoms with E-state index in [0.29, 0.717) is 48.5 Å². The van der Waals surface area contributed by atoms with E-state index in [1.807, 2.05) is 33.8 Å². The zero-order valence-electron chi connectivity index (χ0n) is 23.4. The molecule has 1 amide bonds. The largest absolute Gasteiger partial charge is 0.491 e. The van der Waals surface area contributed by atoms with Crippen LogP contribution in [0.25, 0.3) is 0 Å². The lowest BCUT2D eigenvalue weighted by Gasteiger charge is -2.20. The fourth-order valence-electron chi connectivity index (χ4n) is 3.77. The second kappa shape index (κ2) is 14.3. The van der Waals surface area contributed by atoms with E-state index >= 15 is 0 Å². The molecule has 7 nitrogen and oxygen atoms in total. The number of amides is 1. The number of rotatable bonds is 13. The van der Waals surface area contributed by atoms with Crippen molar-refractivity contribution in [2.75, 3.05) is 45.5 Å². The van der Waals surface area contributed by atoms with Gasteiger partial charge in [-0.2, -0.15) is 0 Å². The molecule has 0 saturated heterocycles. The van der Waals surface area contributed by atoms with Crippen molar-refractivity contribution in [1.29, 1.82) is 0 Å². The molecule has 0 saturated carbocycles. The third-order valence-electron chi connectivity index (χ3n) is 5.97. The molecule has 0 heterocycles. The molecule has 0 aliphatic carbocycles. The van der Waals surface area contributed by atoms with E-state index in [1.165, 1.54) is 24.3 Å². The molecule has 0 aliphatic rings. The first-order valence-electron chi connectivity index (χ1n) is 12.9. The van der Waals surface area contributed by atoms with Crippen LogP contribution in [-0.2, 0) is 19.7 Å². The predicted molar refractivity (Wildman–Crippen MR) is 153 cm³/mol. The molecule has 0 atom stereocenters. The van der Waals surface area contributed by atoms with Crippen LogP contribution in [0.5, 0.6) is 11.5 Å². The summed E-state index contributed by atoms with van der Waals surface area (Å²) in [6.07, 6.45) is 0. The lowest BCUT2D eigenvalue weighted by Crippen LogP contribution is -2.21. The number of nitrogens with one attached hydrogen (secondary N) is 1. The minimum Gasteiger partial charge on any atom is -0.491 e. The highest BCUT2D eigenvalue weighted by Crippen LogP contribution is 2.29. The Balaban J connectivity index is 1.64. The van der Waals surface area contributed by atoms with E-state index in [1.54, 1.807) is 31.4 Å². The van der Waals surface area contributed by atoms with Gasteiger partial charge >= 0.3 is 0 Å². The summed E-state index contributed by atoms with van der Waals surface area (Å²) >= 11 is 6.16. The van der Waals surface area contributed by atoms with Gasteiger partial charge in [-0.3, -0.25) is 9.59 Å². The summed E-state index contributed by atoms with van der Waals surface area (Å²) in [5, 5.41) is 3.11.